The molecule has 1 aromatic rings. The summed E-state index contributed by atoms with van der Waals surface area (Å²) in [6.45, 7) is 2.46. The predicted molar refractivity (Wildman–Crippen MR) is 130 cm³/mol. The Balaban J connectivity index is 1.45. The van der Waals surface area contributed by atoms with Crippen molar-refractivity contribution in [1.29, 1.82) is 0 Å². The van der Waals surface area contributed by atoms with Crippen molar-refractivity contribution in [3.8, 4) is 0 Å². The van der Waals surface area contributed by atoms with Crippen molar-refractivity contribution in [3.05, 3.63) is 34.9 Å². The number of nitrogens with zero attached hydrogens (tertiary/aromatic N) is 4. The van der Waals surface area contributed by atoms with Gasteiger partial charge in [0.1, 0.15) is 12.6 Å². The summed E-state index contributed by atoms with van der Waals surface area (Å²) in [5.41, 5.74) is 2.68. The van der Waals surface area contributed by atoms with E-state index in [1.807, 2.05) is 24.3 Å². The first-order chi connectivity index (χ1) is 17.3. The zero-order valence-corrected chi connectivity index (χ0v) is 21.7. The van der Waals surface area contributed by atoms with Gasteiger partial charge in [-0.3, -0.25) is 19.8 Å². The second-order valence-electron chi connectivity index (χ2n) is 9.11. The van der Waals surface area contributed by atoms with E-state index in [0.29, 0.717) is 37.5 Å². The van der Waals surface area contributed by atoms with Gasteiger partial charge >= 0.3 is 6.09 Å². The molecule has 3 aliphatic heterocycles. The van der Waals surface area contributed by atoms with Crippen LogP contribution in [0.3, 0.4) is 0 Å². The Morgan fingerprint density at radius 3 is 2.44 bits per heavy atom. The number of benzene rings is 1. The predicted octanol–water partition coefficient (Wildman–Crippen LogP) is 0.508. The second-order valence-corrected chi connectivity index (χ2v) is 11.4. The molecule has 3 aliphatic rings. The molecule has 3 fully saturated rings. The van der Waals surface area contributed by atoms with Crippen LogP contribution in [0.2, 0.25) is 5.02 Å². The van der Waals surface area contributed by atoms with Crippen molar-refractivity contribution in [1.82, 2.24) is 23.9 Å². The molecule has 3 saturated heterocycles. The van der Waals surface area contributed by atoms with Gasteiger partial charge in [-0.25, -0.2) is 10.3 Å². The lowest BCUT2D eigenvalue weighted by Gasteiger charge is -2.46. The van der Waals surface area contributed by atoms with Crippen molar-refractivity contribution in [2.45, 2.75) is 37.5 Å². The summed E-state index contributed by atoms with van der Waals surface area (Å²) in [7, 11) is -2.55. The minimum Gasteiger partial charge on any atom is -0.447 e. The molecule has 2 N–H and O–H groups in total. The zero-order valence-electron chi connectivity index (χ0n) is 20.1. The molecule has 2 bridgehead atoms. The van der Waals surface area contributed by atoms with Gasteiger partial charge in [0.05, 0.1) is 12.6 Å². The first-order valence-electron chi connectivity index (χ1n) is 11.9. The number of hydroxylamine groups is 1. The summed E-state index contributed by atoms with van der Waals surface area (Å²) in [6, 6.07) is 5.11. The van der Waals surface area contributed by atoms with E-state index in [4.69, 9.17) is 21.1 Å². The molecule has 2 amide bonds. The largest absolute Gasteiger partial charge is 0.447 e. The molecule has 4 rings (SSSR count). The Morgan fingerprint density at radius 2 is 1.81 bits per heavy atom. The summed E-state index contributed by atoms with van der Waals surface area (Å²) >= 11 is 5.95. The fourth-order valence-corrected chi connectivity index (χ4v) is 7.14. The first-order valence-corrected chi connectivity index (χ1v) is 13.7. The molecule has 14 heteroatoms. The van der Waals surface area contributed by atoms with Gasteiger partial charge in [0.15, 0.2) is 0 Å². The summed E-state index contributed by atoms with van der Waals surface area (Å²) < 4.78 is 40.0. The minimum atomic E-state index is -4.04. The van der Waals surface area contributed by atoms with E-state index in [2.05, 4.69) is 4.90 Å². The molecule has 0 unspecified atom stereocenters. The van der Waals surface area contributed by atoms with Crippen molar-refractivity contribution in [2.24, 2.45) is 0 Å². The fraction of sp³-hybridized carbons (Fsp3) is 0.636. The lowest BCUT2D eigenvalue weighted by atomic mass is 10.1. The number of carbonyl (C=O) groups is 2. The van der Waals surface area contributed by atoms with E-state index in [1.54, 1.807) is 5.48 Å². The SMILES string of the molecule is COCCOC(=O)N1[C@@H]2CC[C@H]1[C@H](C(=O)NO)N(S(=O)(=O)N1CCN(Cc3ccc(Cl)cc3)CC1)C2. The van der Waals surface area contributed by atoms with E-state index >= 15 is 0 Å². The van der Waals surface area contributed by atoms with Gasteiger partial charge in [-0.05, 0) is 30.5 Å². The zero-order chi connectivity index (χ0) is 25.9. The summed E-state index contributed by atoms with van der Waals surface area (Å²) in [4.78, 5) is 29.0. The maximum atomic E-state index is 13.7. The van der Waals surface area contributed by atoms with Gasteiger partial charge in [-0.2, -0.15) is 17.0 Å². The molecular formula is C22H32ClN5O7S. The van der Waals surface area contributed by atoms with E-state index in [-0.39, 0.29) is 32.8 Å². The number of piperazine rings is 2. The van der Waals surface area contributed by atoms with Crippen molar-refractivity contribution in [2.75, 3.05) is 53.0 Å². The van der Waals surface area contributed by atoms with Gasteiger partial charge in [-0.1, -0.05) is 23.7 Å². The number of rotatable bonds is 8. The molecule has 12 nitrogen and oxygen atoms in total. The van der Waals surface area contributed by atoms with Crippen molar-refractivity contribution >= 4 is 33.8 Å². The van der Waals surface area contributed by atoms with Crippen LogP contribution in [0.15, 0.2) is 24.3 Å². The third-order valence-electron chi connectivity index (χ3n) is 6.99. The fourth-order valence-electron chi connectivity index (χ4n) is 5.21. The molecule has 3 heterocycles. The maximum Gasteiger partial charge on any atom is 0.410 e. The Labute approximate surface area is 215 Å². The second kappa shape index (κ2) is 11.6. The van der Waals surface area contributed by atoms with Crippen LogP contribution in [0.5, 0.6) is 0 Å². The van der Waals surface area contributed by atoms with Gasteiger partial charge in [-0.15, -0.1) is 0 Å². The topological polar surface area (TPSA) is 132 Å². The van der Waals surface area contributed by atoms with Crippen molar-refractivity contribution in [3.63, 3.8) is 0 Å². The molecule has 200 valence electrons. The van der Waals surface area contributed by atoms with Gasteiger partial charge in [0.2, 0.25) is 0 Å². The number of ether oxygens (including phenoxy) is 2. The number of halogens is 1. The lowest BCUT2D eigenvalue weighted by molar-refractivity contribution is -0.136. The molecule has 3 atom stereocenters. The Kier molecular flexibility index (Phi) is 8.71. The van der Waals surface area contributed by atoms with E-state index in [0.717, 1.165) is 9.87 Å². The van der Waals surface area contributed by atoms with Crippen LogP contribution in [0.25, 0.3) is 0 Å². The van der Waals surface area contributed by atoms with Crippen LogP contribution in [0, 0.1) is 0 Å². The number of nitrogens with one attached hydrogen (secondary N) is 1. The van der Waals surface area contributed by atoms with Crippen molar-refractivity contribution < 1.29 is 32.7 Å². The van der Waals surface area contributed by atoms with E-state index in [1.165, 1.54) is 16.3 Å². The van der Waals surface area contributed by atoms with Crippen LogP contribution in [0.4, 0.5) is 4.79 Å². The molecule has 0 aliphatic carbocycles. The van der Waals surface area contributed by atoms with Crippen LogP contribution in [-0.2, 0) is 31.0 Å². The molecule has 36 heavy (non-hydrogen) atoms. The van der Waals surface area contributed by atoms with Gasteiger partial charge in [0, 0.05) is 57.4 Å². The van der Waals surface area contributed by atoms with E-state index in [9.17, 15) is 23.2 Å². The summed E-state index contributed by atoms with van der Waals surface area (Å²) in [5.74, 6) is -0.875. The maximum absolute atomic E-state index is 13.7. The Morgan fingerprint density at radius 1 is 1.11 bits per heavy atom. The van der Waals surface area contributed by atoms with Gasteiger partial charge < -0.3 is 9.47 Å². The van der Waals surface area contributed by atoms with E-state index < -0.39 is 40.3 Å². The smallest absolute Gasteiger partial charge is 0.410 e. The highest BCUT2D eigenvalue weighted by atomic mass is 35.5. The van der Waals surface area contributed by atoms with Crippen LogP contribution in [0.1, 0.15) is 18.4 Å². The Hall–Kier alpha value is -2.00. The third-order valence-corrected chi connectivity index (χ3v) is 9.23. The van der Waals surface area contributed by atoms with Crippen LogP contribution >= 0.6 is 11.6 Å². The summed E-state index contributed by atoms with van der Waals surface area (Å²) in [5, 5.41) is 10.1. The lowest BCUT2D eigenvalue weighted by Crippen LogP contribution is -2.68. The number of amides is 2. The highest BCUT2D eigenvalue weighted by Gasteiger charge is 2.56. The van der Waals surface area contributed by atoms with Crippen LogP contribution in [-0.4, -0.2) is 115 Å². The quantitative estimate of drug-likeness (QED) is 0.274. The number of methoxy groups -OCH3 is 1. The average molecular weight is 546 g/mol. The monoisotopic (exact) mass is 545 g/mol. The number of hydrogen-bond donors (Lipinski definition) is 2. The number of hydrogen-bond acceptors (Lipinski definition) is 8. The first kappa shape index (κ1) is 27.0. The molecule has 1 aromatic carbocycles. The molecule has 0 radical (unpaired) electrons. The number of carbonyl (C=O) groups excluding carboxylic acids is 2. The summed E-state index contributed by atoms with van der Waals surface area (Å²) in [6.07, 6.45) is 0.326. The molecular weight excluding hydrogens is 514 g/mol. The highest BCUT2D eigenvalue weighted by molar-refractivity contribution is 7.86. The normalized spacial score (nSPS) is 25.6. The molecule has 0 saturated carbocycles. The van der Waals surface area contributed by atoms with Crippen LogP contribution < -0.4 is 5.48 Å². The standard InChI is InChI=1S/C22H32ClN5O7S/c1-34-12-13-35-22(30)28-18-6-7-19(28)20(21(29)24-31)27(15-18)36(32,33)26-10-8-25(9-11-26)14-16-2-4-17(23)5-3-16/h2-5,18-20,31H,6-15H2,1H3,(H,24,29)/t18-,19+,20-/m1/s1. The number of fused-ring (bicyclic) bond motifs is 2. The molecule has 0 spiro atoms. The molecule has 0 aromatic heterocycles. The highest BCUT2D eigenvalue weighted by Crippen LogP contribution is 2.37. The third kappa shape index (κ3) is 5.62. The Bertz CT molecular complexity index is 1040. The minimum absolute atomic E-state index is 0.0461. The van der Waals surface area contributed by atoms with Gasteiger partial charge in [0.25, 0.3) is 16.1 Å². The average Bonchev–Trinajstić information content (AvgIpc) is 3.18.